The highest BCUT2D eigenvalue weighted by molar-refractivity contribution is 5.80. The number of hydrogen-bond donors (Lipinski definition) is 2. The first-order valence-electron chi connectivity index (χ1n) is 7.48. The number of para-hydroxylation sites is 1. The number of benzene rings is 1. The van der Waals surface area contributed by atoms with Gasteiger partial charge in [-0.25, -0.2) is 9.98 Å². The third-order valence-electron chi connectivity index (χ3n) is 3.44. The summed E-state index contributed by atoms with van der Waals surface area (Å²) < 4.78 is 2.02. The van der Waals surface area contributed by atoms with Crippen LogP contribution in [-0.4, -0.2) is 28.1 Å². The second-order valence-electron chi connectivity index (χ2n) is 5.21. The Morgan fingerprint density at radius 2 is 2.24 bits per heavy atom. The van der Waals surface area contributed by atoms with E-state index in [4.69, 9.17) is 4.99 Å². The van der Waals surface area contributed by atoms with Crippen LogP contribution >= 0.6 is 0 Å². The van der Waals surface area contributed by atoms with Gasteiger partial charge in [-0.15, -0.1) is 0 Å². The van der Waals surface area contributed by atoms with Gasteiger partial charge in [0.15, 0.2) is 5.96 Å². The molecule has 2 N–H and O–H groups in total. The lowest BCUT2D eigenvalue weighted by Crippen LogP contribution is -2.38. The van der Waals surface area contributed by atoms with Crippen LogP contribution in [-0.2, 0) is 6.54 Å². The first-order chi connectivity index (χ1) is 10.4. The van der Waals surface area contributed by atoms with Gasteiger partial charge in [0.05, 0.1) is 18.6 Å². The van der Waals surface area contributed by atoms with Gasteiger partial charge in [-0.1, -0.05) is 18.2 Å². The number of hydrogen-bond acceptors (Lipinski definition) is 2. The summed E-state index contributed by atoms with van der Waals surface area (Å²) in [7, 11) is 0. The number of nitrogens with zero attached hydrogens (tertiary/aromatic N) is 3. The summed E-state index contributed by atoms with van der Waals surface area (Å²) in [5.74, 6) is 0.903. The van der Waals surface area contributed by atoms with Crippen molar-refractivity contribution >= 4 is 5.96 Å². The van der Waals surface area contributed by atoms with E-state index in [1.807, 2.05) is 29.2 Å². The van der Waals surface area contributed by atoms with Gasteiger partial charge in [-0.05, 0) is 31.4 Å². The lowest BCUT2D eigenvalue weighted by atomic mass is 10.2. The van der Waals surface area contributed by atoms with E-state index in [0.29, 0.717) is 12.6 Å². The van der Waals surface area contributed by atoms with Crippen LogP contribution in [0, 0.1) is 0 Å². The molecule has 0 spiro atoms. The zero-order valence-electron chi connectivity index (χ0n) is 12.3. The minimum absolute atomic E-state index is 0.603. The van der Waals surface area contributed by atoms with Gasteiger partial charge >= 0.3 is 0 Å². The fourth-order valence-corrected chi connectivity index (χ4v) is 2.20. The van der Waals surface area contributed by atoms with Crippen molar-refractivity contribution in [2.75, 3.05) is 6.54 Å². The lowest BCUT2D eigenvalue weighted by molar-refractivity contribution is 0.811. The molecular formula is C16H21N5. The largest absolute Gasteiger partial charge is 0.357 e. The van der Waals surface area contributed by atoms with Crippen LogP contribution in [0.1, 0.15) is 25.3 Å². The van der Waals surface area contributed by atoms with Crippen LogP contribution in [0.2, 0.25) is 0 Å². The molecule has 1 saturated carbocycles. The summed E-state index contributed by atoms with van der Waals surface area (Å²) in [6.07, 6.45) is 8.05. The van der Waals surface area contributed by atoms with Gasteiger partial charge in [0.25, 0.3) is 0 Å². The normalized spacial score (nSPS) is 15.0. The average Bonchev–Trinajstić information content (AvgIpc) is 3.15. The van der Waals surface area contributed by atoms with Crippen LogP contribution in [0.15, 0.2) is 48.0 Å². The van der Waals surface area contributed by atoms with Crippen molar-refractivity contribution in [3.05, 3.63) is 48.5 Å². The predicted octanol–water partition coefficient (Wildman–Crippen LogP) is 2.09. The van der Waals surface area contributed by atoms with Gasteiger partial charge in [0.2, 0.25) is 0 Å². The molecule has 0 amide bonds. The van der Waals surface area contributed by atoms with E-state index in [9.17, 15) is 0 Å². The summed E-state index contributed by atoms with van der Waals surface area (Å²) in [6.45, 7) is 3.61. The number of guanidine groups is 1. The molecule has 0 aliphatic heterocycles. The molecule has 21 heavy (non-hydrogen) atoms. The lowest BCUT2D eigenvalue weighted by Gasteiger charge is -2.12. The summed E-state index contributed by atoms with van der Waals surface area (Å²) in [5.41, 5.74) is 2.31. The maximum Gasteiger partial charge on any atom is 0.191 e. The van der Waals surface area contributed by atoms with Crippen LogP contribution < -0.4 is 10.6 Å². The number of nitrogens with one attached hydrogen (secondary N) is 2. The molecule has 2 aromatic rings. The van der Waals surface area contributed by atoms with Crippen molar-refractivity contribution in [1.82, 2.24) is 20.2 Å². The zero-order valence-corrected chi connectivity index (χ0v) is 12.3. The minimum atomic E-state index is 0.603. The quantitative estimate of drug-likeness (QED) is 0.652. The molecule has 1 heterocycles. The molecular weight excluding hydrogens is 262 g/mol. The van der Waals surface area contributed by atoms with Gasteiger partial charge in [0, 0.05) is 25.0 Å². The van der Waals surface area contributed by atoms with Crippen molar-refractivity contribution in [2.24, 2.45) is 4.99 Å². The third kappa shape index (κ3) is 3.62. The van der Waals surface area contributed by atoms with Gasteiger partial charge < -0.3 is 15.2 Å². The van der Waals surface area contributed by atoms with E-state index in [-0.39, 0.29) is 0 Å². The molecule has 1 aromatic heterocycles. The van der Waals surface area contributed by atoms with E-state index in [1.165, 1.54) is 18.4 Å². The standard InChI is InChI=1S/C16H21N5/c1-2-18-16(20-14-7-8-14)19-11-13-5-3-4-6-15(13)21-10-9-17-12-21/h3-6,9-10,12,14H,2,7-8,11H2,1H3,(H2,18,19,20). The van der Waals surface area contributed by atoms with E-state index in [2.05, 4.69) is 34.7 Å². The van der Waals surface area contributed by atoms with E-state index in [1.54, 1.807) is 6.20 Å². The monoisotopic (exact) mass is 283 g/mol. The maximum absolute atomic E-state index is 4.70. The van der Waals surface area contributed by atoms with Crippen LogP contribution in [0.5, 0.6) is 0 Å². The molecule has 1 aliphatic rings. The number of aliphatic imine (C=N–C) groups is 1. The van der Waals surface area contributed by atoms with Gasteiger partial charge in [0.1, 0.15) is 0 Å². The average molecular weight is 283 g/mol. The number of aromatic nitrogens is 2. The molecule has 1 aromatic carbocycles. The Morgan fingerprint density at radius 3 is 2.95 bits per heavy atom. The van der Waals surface area contributed by atoms with Crippen LogP contribution in [0.3, 0.4) is 0 Å². The second-order valence-corrected chi connectivity index (χ2v) is 5.21. The summed E-state index contributed by atoms with van der Waals surface area (Å²) >= 11 is 0. The molecule has 0 saturated heterocycles. The smallest absolute Gasteiger partial charge is 0.191 e. The Labute approximate surface area is 125 Å². The van der Waals surface area contributed by atoms with Crippen molar-refractivity contribution in [3.63, 3.8) is 0 Å². The Morgan fingerprint density at radius 1 is 1.38 bits per heavy atom. The SMILES string of the molecule is CCNC(=NCc1ccccc1-n1ccnc1)NC1CC1. The second kappa shape index (κ2) is 6.43. The molecule has 5 heteroatoms. The summed E-state index contributed by atoms with van der Waals surface area (Å²) in [6, 6.07) is 8.89. The number of imidazole rings is 1. The third-order valence-corrected chi connectivity index (χ3v) is 3.44. The fourth-order valence-electron chi connectivity index (χ4n) is 2.20. The highest BCUT2D eigenvalue weighted by atomic mass is 15.2. The molecule has 0 bridgehead atoms. The Bertz CT molecular complexity index is 599. The Hall–Kier alpha value is -2.30. The topological polar surface area (TPSA) is 54.2 Å². The van der Waals surface area contributed by atoms with E-state index in [0.717, 1.165) is 18.2 Å². The Balaban J connectivity index is 1.77. The van der Waals surface area contributed by atoms with Gasteiger partial charge in [-0.2, -0.15) is 0 Å². The molecule has 110 valence electrons. The molecule has 0 unspecified atom stereocenters. The molecule has 0 radical (unpaired) electrons. The minimum Gasteiger partial charge on any atom is -0.357 e. The highest BCUT2D eigenvalue weighted by Crippen LogP contribution is 2.19. The van der Waals surface area contributed by atoms with Crippen LogP contribution in [0.25, 0.3) is 5.69 Å². The first kappa shape index (κ1) is 13.7. The molecule has 0 atom stereocenters. The van der Waals surface area contributed by atoms with Crippen molar-refractivity contribution in [3.8, 4) is 5.69 Å². The van der Waals surface area contributed by atoms with Crippen molar-refractivity contribution in [1.29, 1.82) is 0 Å². The van der Waals surface area contributed by atoms with Crippen molar-refractivity contribution < 1.29 is 0 Å². The summed E-state index contributed by atoms with van der Waals surface area (Å²) in [5, 5.41) is 6.73. The summed E-state index contributed by atoms with van der Waals surface area (Å²) in [4.78, 5) is 8.81. The van der Waals surface area contributed by atoms with E-state index < -0.39 is 0 Å². The van der Waals surface area contributed by atoms with E-state index >= 15 is 0 Å². The van der Waals surface area contributed by atoms with Crippen LogP contribution in [0.4, 0.5) is 0 Å². The molecule has 1 fully saturated rings. The zero-order chi connectivity index (χ0) is 14.5. The predicted molar refractivity (Wildman–Crippen MR) is 84.5 cm³/mol. The number of rotatable bonds is 5. The first-order valence-corrected chi connectivity index (χ1v) is 7.48. The fraction of sp³-hybridized carbons (Fsp3) is 0.375. The van der Waals surface area contributed by atoms with Crippen molar-refractivity contribution in [2.45, 2.75) is 32.4 Å². The molecule has 1 aliphatic carbocycles. The molecule has 3 rings (SSSR count). The molecule has 5 nitrogen and oxygen atoms in total. The maximum atomic E-state index is 4.70. The highest BCUT2D eigenvalue weighted by Gasteiger charge is 2.22. The Kier molecular flexibility index (Phi) is 4.19. The van der Waals surface area contributed by atoms with Gasteiger partial charge in [-0.3, -0.25) is 0 Å².